The molecule has 3 nitrogen and oxygen atoms in total. The molecule has 3 heteroatoms. The van der Waals surface area contributed by atoms with E-state index < -0.39 is 0 Å². The van der Waals surface area contributed by atoms with E-state index in [-0.39, 0.29) is 23.9 Å². The molecular formula is C24H38O3. The van der Waals surface area contributed by atoms with Gasteiger partial charge in [0.05, 0.1) is 0 Å². The summed E-state index contributed by atoms with van der Waals surface area (Å²) >= 11 is 0. The van der Waals surface area contributed by atoms with Gasteiger partial charge in [0.15, 0.2) is 0 Å². The molecular weight excluding hydrogens is 336 g/mol. The number of aliphatic hydroxyl groups is 1. The Kier molecular flexibility index (Phi) is 8.34. The number of hydrogen-bond donors (Lipinski definition) is 2. The summed E-state index contributed by atoms with van der Waals surface area (Å²) in [6.45, 7) is 6.85. The van der Waals surface area contributed by atoms with Gasteiger partial charge in [0, 0.05) is 18.9 Å². The van der Waals surface area contributed by atoms with Crippen molar-refractivity contribution in [2.75, 3.05) is 6.61 Å². The van der Waals surface area contributed by atoms with Gasteiger partial charge in [0.25, 0.3) is 0 Å². The zero-order valence-corrected chi connectivity index (χ0v) is 17.5. The zero-order chi connectivity index (χ0) is 19.9. The van der Waals surface area contributed by atoms with Crippen molar-refractivity contribution in [3.63, 3.8) is 0 Å². The van der Waals surface area contributed by atoms with Gasteiger partial charge in [-0.1, -0.05) is 58.6 Å². The third kappa shape index (κ3) is 5.81. The molecule has 1 saturated carbocycles. The molecule has 0 aliphatic heterocycles. The van der Waals surface area contributed by atoms with E-state index in [9.17, 15) is 9.90 Å². The highest BCUT2D eigenvalue weighted by molar-refractivity contribution is 5.83. The van der Waals surface area contributed by atoms with Crippen molar-refractivity contribution >= 4 is 5.78 Å². The maximum atomic E-state index is 12.4. The summed E-state index contributed by atoms with van der Waals surface area (Å²) in [6, 6.07) is 6.13. The summed E-state index contributed by atoms with van der Waals surface area (Å²) in [5.41, 5.74) is 2.13. The maximum absolute atomic E-state index is 12.4. The maximum Gasteiger partial charge on any atom is 0.136 e. The van der Waals surface area contributed by atoms with Gasteiger partial charge in [0.2, 0.25) is 0 Å². The third-order valence-corrected chi connectivity index (χ3v) is 6.38. The molecule has 152 valence electrons. The highest BCUT2D eigenvalue weighted by atomic mass is 16.3. The SMILES string of the molecule is CCCCCCC(C)(C)c1ccc([C@@H]2CCCC(=O)[C@H]2CCCO)c(O)c1. The van der Waals surface area contributed by atoms with Crippen LogP contribution >= 0.6 is 0 Å². The molecule has 1 aromatic carbocycles. The van der Waals surface area contributed by atoms with Crippen molar-refractivity contribution in [3.05, 3.63) is 29.3 Å². The van der Waals surface area contributed by atoms with Crippen LogP contribution in [0.1, 0.15) is 102 Å². The number of unbranched alkanes of at least 4 members (excludes halogenated alkanes) is 3. The zero-order valence-electron chi connectivity index (χ0n) is 17.5. The molecule has 2 N–H and O–H groups in total. The summed E-state index contributed by atoms with van der Waals surface area (Å²) < 4.78 is 0. The normalized spacial score (nSPS) is 20.8. The number of Topliss-reactive ketones (excluding diaryl/α,β-unsaturated/α-hetero) is 1. The van der Waals surface area contributed by atoms with E-state index in [1.165, 1.54) is 31.2 Å². The van der Waals surface area contributed by atoms with E-state index >= 15 is 0 Å². The monoisotopic (exact) mass is 374 g/mol. The fourth-order valence-corrected chi connectivity index (χ4v) is 4.57. The molecule has 0 amide bonds. The molecule has 1 aliphatic carbocycles. The van der Waals surface area contributed by atoms with Crippen LogP contribution < -0.4 is 0 Å². The van der Waals surface area contributed by atoms with Crippen molar-refractivity contribution in [3.8, 4) is 5.75 Å². The van der Waals surface area contributed by atoms with Gasteiger partial charge < -0.3 is 10.2 Å². The van der Waals surface area contributed by atoms with Gasteiger partial charge >= 0.3 is 0 Å². The number of ketones is 1. The Balaban J connectivity index is 2.15. The largest absolute Gasteiger partial charge is 0.508 e. The number of hydrogen-bond acceptors (Lipinski definition) is 3. The van der Waals surface area contributed by atoms with Crippen molar-refractivity contribution in [2.24, 2.45) is 5.92 Å². The minimum absolute atomic E-state index is 0.0441. The second-order valence-electron chi connectivity index (χ2n) is 8.91. The lowest BCUT2D eigenvalue weighted by Crippen LogP contribution is -2.27. The van der Waals surface area contributed by atoms with Gasteiger partial charge in [-0.3, -0.25) is 4.79 Å². The van der Waals surface area contributed by atoms with E-state index in [2.05, 4.69) is 26.8 Å². The molecule has 1 aromatic rings. The molecule has 0 spiro atoms. The molecule has 0 saturated heterocycles. The van der Waals surface area contributed by atoms with Crippen LogP contribution in [0.15, 0.2) is 18.2 Å². The molecule has 0 heterocycles. The first-order valence-corrected chi connectivity index (χ1v) is 10.9. The predicted molar refractivity (Wildman–Crippen MR) is 111 cm³/mol. The molecule has 0 bridgehead atoms. The molecule has 1 aliphatic rings. The summed E-state index contributed by atoms with van der Waals surface area (Å²) in [6.07, 6.45) is 9.95. The first-order valence-electron chi connectivity index (χ1n) is 10.9. The smallest absolute Gasteiger partial charge is 0.136 e. The summed E-state index contributed by atoms with van der Waals surface area (Å²) in [4.78, 5) is 12.4. The number of phenols is 1. The lowest BCUT2D eigenvalue weighted by atomic mass is 9.71. The van der Waals surface area contributed by atoms with Gasteiger partial charge in [-0.15, -0.1) is 0 Å². The Morgan fingerprint density at radius 2 is 1.93 bits per heavy atom. The Bertz CT molecular complexity index is 606. The Morgan fingerprint density at radius 3 is 2.59 bits per heavy atom. The molecule has 27 heavy (non-hydrogen) atoms. The number of rotatable bonds is 10. The lowest BCUT2D eigenvalue weighted by molar-refractivity contribution is -0.125. The van der Waals surface area contributed by atoms with Crippen LogP contribution in [-0.2, 0) is 10.2 Å². The number of carbonyl (C=O) groups excluding carboxylic acids is 1. The van der Waals surface area contributed by atoms with Crippen LogP contribution in [0.4, 0.5) is 0 Å². The van der Waals surface area contributed by atoms with Crippen LogP contribution in [0.25, 0.3) is 0 Å². The third-order valence-electron chi connectivity index (χ3n) is 6.38. The topological polar surface area (TPSA) is 57.5 Å². The fraction of sp³-hybridized carbons (Fsp3) is 0.708. The first-order chi connectivity index (χ1) is 12.9. The minimum atomic E-state index is -0.0651. The van der Waals surface area contributed by atoms with Gasteiger partial charge in [0.1, 0.15) is 11.5 Å². The van der Waals surface area contributed by atoms with E-state index in [1.807, 2.05) is 12.1 Å². The van der Waals surface area contributed by atoms with Crippen molar-refractivity contribution in [1.29, 1.82) is 0 Å². The average Bonchev–Trinajstić information content (AvgIpc) is 2.64. The lowest BCUT2D eigenvalue weighted by Gasteiger charge is -2.32. The van der Waals surface area contributed by atoms with Crippen molar-refractivity contribution < 1.29 is 15.0 Å². The number of benzene rings is 1. The summed E-state index contributed by atoms with van der Waals surface area (Å²) in [5, 5.41) is 19.9. The van der Waals surface area contributed by atoms with Crippen LogP contribution in [0.3, 0.4) is 0 Å². The Morgan fingerprint density at radius 1 is 1.15 bits per heavy atom. The predicted octanol–water partition coefficient (Wildman–Crippen LogP) is 5.87. The second kappa shape index (κ2) is 10.3. The molecule has 1 fully saturated rings. The summed E-state index contributed by atoms with van der Waals surface area (Å²) in [7, 11) is 0. The number of aliphatic hydroxyl groups excluding tert-OH is 1. The highest BCUT2D eigenvalue weighted by Crippen LogP contribution is 2.43. The molecule has 0 unspecified atom stereocenters. The molecule has 0 radical (unpaired) electrons. The van der Waals surface area contributed by atoms with Crippen molar-refractivity contribution in [2.45, 2.75) is 96.3 Å². The first kappa shape index (κ1) is 21.9. The number of aromatic hydroxyl groups is 1. The van der Waals surface area contributed by atoms with E-state index in [0.29, 0.717) is 30.8 Å². The second-order valence-corrected chi connectivity index (χ2v) is 8.91. The standard InChI is InChI=1S/C24H38O3/c1-4-5-6-7-15-24(2,3)18-13-14-21(23(27)17-18)19-10-8-12-22(26)20(19)11-9-16-25/h13-14,17,19-20,25,27H,4-12,15-16H2,1-3H3/t19-,20+/m1/s1. The van der Waals surface area contributed by atoms with Gasteiger partial charge in [-0.25, -0.2) is 0 Å². The average molecular weight is 375 g/mol. The van der Waals surface area contributed by atoms with Gasteiger partial charge in [-0.2, -0.15) is 0 Å². The van der Waals surface area contributed by atoms with Crippen LogP contribution in [0.2, 0.25) is 0 Å². The molecule has 2 rings (SSSR count). The Hall–Kier alpha value is -1.35. The molecule has 2 atom stereocenters. The highest BCUT2D eigenvalue weighted by Gasteiger charge is 2.34. The van der Waals surface area contributed by atoms with Crippen LogP contribution in [-0.4, -0.2) is 22.6 Å². The van der Waals surface area contributed by atoms with Crippen LogP contribution in [0, 0.1) is 5.92 Å². The van der Waals surface area contributed by atoms with E-state index in [0.717, 1.165) is 24.8 Å². The van der Waals surface area contributed by atoms with Crippen molar-refractivity contribution in [1.82, 2.24) is 0 Å². The fourth-order valence-electron chi connectivity index (χ4n) is 4.57. The van der Waals surface area contributed by atoms with E-state index in [4.69, 9.17) is 5.11 Å². The Labute approximate surface area is 165 Å². The quantitative estimate of drug-likeness (QED) is 0.504. The summed E-state index contributed by atoms with van der Waals surface area (Å²) in [5.74, 6) is 0.645. The minimum Gasteiger partial charge on any atom is -0.508 e. The van der Waals surface area contributed by atoms with Gasteiger partial charge in [-0.05, 0) is 60.6 Å². The number of phenolic OH excluding ortho intramolecular Hbond substituents is 1. The molecule has 0 aromatic heterocycles. The number of carbonyl (C=O) groups is 1. The van der Waals surface area contributed by atoms with E-state index in [1.54, 1.807) is 0 Å². The van der Waals surface area contributed by atoms with Crippen LogP contribution in [0.5, 0.6) is 5.75 Å².